The van der Waals surface area contributed by atoms with Crippen LogP contribution in [0.15, 0.2) is 346 Å². The highest BCUT2D eigenvalue weighted by Crippen LogP contribution is 2.45. The average Bonchev–Trinajstić information content (AvgIpc) is 1.71. The molecule has 0 bridgehead atoms. The maximum atomic E-state index is 15.0. The van der Waals surface area contributed by atoms with Crippen LogP contribution in [0.25, 0.3) is 187 Å². The minimum Gasteiger partial charge on any atom is -0.309 e. The van der Waals surface area contributed by atoms with E-state index in [1.807, 2.05) is 187 Å². The van der Waals surface area contributed by atoms with Gasteiger partial charge in [-0.05, 0) is 65.7 Å². The molecule has 109 heavy (non-hydrogen) atoms. The monoisotopic (exact) mass is 1470 g/mol. The molecule has 7 heterocycles. The van der Waals surface area contributed by atoms with Crippen LogP contribution in [-0.2, 0) is 4.57 Å². The van der Waals surface area contributed by atoms with Crippen molar-refractivity contribution in [1.29, 1.82) is 0 Å². The molecule has 21 rings (SSSR count). The first-order valence-electron chi connectivity index (χ1n) is 35.7. The van der Waals surface area contributed by atoms with Gasteiger partial charge in [0, 0.05) is 113 Å². The van der Waals surface area contributed by atoms with Crippen LogP contribution >= 0.6 is 41.9 Å². The molecular weight excluding hydrogens is 1410 g/mol. The van der Waals surface area contributed by atoms with E-state index in [0.29, 0.717) is 11.6 Å². The highest BCUT2D eigenvalue weighted by molar-refractivity contribution is 7.85. The molecule has 21 aromatic rings. The second-order valence-corrected chi connectivity index (χ2v) is 31.6. The molecule has 0 aliphatic rings. The lowest BCUT2D eigenvalue weighted by Gasteiger charge is -2.20. The first-order chi connectivity index (χ1) is 53.9. The lowest BCUT2D eigenvalue weighted by Crippen LogP contribution is -2.24. The first-order valence-corrected chi connectivity index (χ1v) is 39.7. The third-order valence-corrected chi connectivity index (χ3v) is 25.6. The van der Waals surface area contributed by atoms with Gasteiger partial charge in [0.2, 0.25) is 0 Å². The third-order valence-electron chi connectivity index (χ3n) is 20.3. The number of rotatable bonds is 12. The van der Waals surface area contributed by atoms with Gasteiger partial charge in [-0.3, -0.25) is 0 Å². The van der Waals surface area contributed by atoms with Crippen molar-refractivity contribution in [2.75, 3.05) is 0 Å². The number of pyridine rings is 2. The molecular formula is C94H57N10OPS3. The van der Waals surface area contributed by atoms with Crippen molar-refractivity contribution in [2.45, 2.75) is 0 Å². The second-order valence-electron chi connectivity index (χ2n) is 26.7. The summed E-state index contributed by atoms with van der Waals surface area (Å²) >= 11 is 4.33. The van der Waals surface area contributed by atoms with Gasteiger partial charge in [-0.25, -0.2) is 29.9 Å². The van der Waals surface area contributed by atoms with Crippen molar-refractivity contribution in [1.82, 2.24) is 47.4 Å². The molecule has 11 nitrogen and oxygen atoms in total. The standard InChI is InChI=1S/C47H30N5OPS.C47H27N5S2/c53-54(35-14-6-2-7-15-35,36-16-8-3-9-17-36)37-26-24-32(25-27-37)43-30-42(49-47(50-43)34-12-4-1-5-13-34)31-20-22-33(23-21-31)45-39-28-29-41-46(52-55-51-41)44(39)38-18-10-11-19-40(38)48-45;1-2-9-32(10-3-1)47-49-40(29-19-17-28(18-20-29)33-13-8-14-35-34-11-5-7-16-42(34)53-46(33)35)27-41(50-47)30-21-23-31(24-22-30)44-37-25-26-39-45(52-54-51-39)43(37)36-12-4-6-15-38(36)48-44/h1-30H;1-27H. The Bertz CT molecular complexity index is 7070. The lowest BCUT2D eigenvalue weighted by atomic mass is 9.97. The molecule has 0 fully saturated rings. The maximum absolute atomic E-state index is 15.0. The highest BCUT2D eigenvalue weighted by Gasteiger charge is 2.30. The topological polar surface area (TPSA) is 146 Å². The van der Waals surface area contributed by atoms with Crippen LogP contribution in [0.5, 0.6) is 0 Å². The third kappa shape index (κ3) is 11.9. The Balaban J connectivity index is 0.000000143. The van der Waals surface area contributed by atoms with Crippen LogP contribution in [0.1, 0.15) is 0 Å². The van der Waals surface area contributed by atoms with Crippen molar-refractivity contribution in [3.8, 4) is 101 Å². The van der Waals surface area contributed by atoms with Crippen LogP contribution < -0.4 is 15.9 Å². The van der Waals surface area contributed by atoms with Crippen molar-refractivity contribution in [2.24, 2.45) is 0 Å². The molecule has 0 unspecified atom stereocenters. The average molecular weight is 1470 g/mol. The summed E-state index contributed by atoms with van der Waals surface area (Å²) in [5.41, 5.74) is 20.8. The van der Waals surface area contributed by atoms with Crippen LogP contribution in [0, 0.1) is 0 Å². The van der Waals surface area contributed by atoms with Gasteiger partial charge in [0.25, 0.3) is 0 Å². The molecule has 0 saturated carbocycles. The minimum absolute atomic E-state index is 0.628. The Morgan fingerprint density at radius 1 is 0.248 bits per heavy atom. The van der Waals surface area contributed by atoms with Crippen molar-refractivity contribution < 1.29 is 4.57 Å². The van der Waals surface area contributed by atoms with Crippen molar-refractivity contribution in [3.05, 3.63) is 346 Å². The molecule has 0 spiro atoms. The van der Waals surface area contributed by atoms with Gasteiger partial charge in [-0.2, -0.15) is 17.5 Å². The number of nitrogens with zero attached hydrogens (tertiary/aromatic N) is 10. The smallest absolute Gasteiger partial charge is 0.171 e. The summed E-state index contributed by atoms with van der Waals surface area (Å²) in [6, 6.07) is 118. The van der Waals surface area contributed by atoms with Gasteiger partial charge >= 0.3 is 0 Å². The van der Waals surface area contributed by atoms with Crippen molar-refractivity contribution >= 4 is 143 Å². The zero-order valence-corrected chi connectivity index (χ0v) is 61.3. The summed E-state index contributed by atoms with van der Waals surface area (Å²) in [7, 11) is -3.12. The van der Waals surface area contributed by atoms with Crippen molar-refractivity contribution in [3.63, 3.8) is 0 Å². The van der Waals surface area contributed by atoms with Gasteiger partial charge < -0.3 is 4.57 Å². The summed E-state index contributed by atoms with van der Waals surface area (Å²) in [6.07, 6.45) is 0. The van der Waals surface area contributed by atoms with Crippen LogP contribution in [-0.4, -0.2) is 47.4 Å². The number of fused-ring (bicyclic) bond motifs is 13. The molecule has 0 amide bonds. The number of benzene rings is 14. The molecule has 0 N–H and O–H groups in total. The zero-order chi connectivity index (χ0) is 72.4. The van der Waals surface area contributed by atoms with Gasteiger partial charge in [-0.15, -0.1) is 11.3 Å². The highest BCUT2D eigenvalue weighted by atomic mass is 32.1. The fraction of sp³-hybridized carbons (Fsp3) is 0. The van der Waals surface area contributed by atoms with Gasteiger partial charge in [0.05, 0.1) is 68.7 Å². The summed E-state index contributed by atoms with van der Waals surface area (Å²) in [6.45, 7) is 0. The number of para-hydroxylation sites is 2. The van der Waals surface area contributed by atoms with E-state index < -0.39 is 7.14 Å². The fourth-order valence-corrected chi connectivity index (χ4v) is 19.9. The predicted molar refractivity (Wildman–Crippen MR) is 453 cm³/mol. The molecule has 512 valence electrons. The number of thiophene rings is 1. The van der Waals surface area contributed by atoms with Crippen LogP contribution in [0.2, 0.25) is 0 Å². The number of aromatic nitrogens is 10. The Morgan fingerprint density at radius 2 is 0.615 bits per heavy atom. The quantitative estimate of drug-likeness (QED) is 0.0851. The molecule has 15 heteroatoms. The lowest BCUT2D eigenvalue weighted by molar-refractivity contribution is 0.592. The van der Waals surface area contributed by atoms with E-state index >= 15 is 4.57 Å². The van der Waals surface area contributed by atoms with E-state index in [0.717, 1.165) is 160 Å². The number of hydrogen-bond donors (Lipinski definition) is 0. The Hall–Kier alpha value is -13.3. The fourth-order valence-electron chi connectivity index (χ4n) is 14.9. The summed E-state index contributed by atoms with van der Waals surface area (Å²) < 4.78 is 36.0. The van der Waals surface area contributed by atoms with Gasteiger partial charge in [0.1, 0.15) is 22.1 Å². The zero-order valence-electron chi connectivity index (χ0n) is 58.0. The summed E-state index contributed by atoms with van der Waals surface area (Å²) in [5, 5.41) is 11.4. The molecule has 0 saturated heterocycles. The van der Waals surface area contributed by atoms with Gasteiger partial charge in [-0.1, -0.05) is 291 Å². The van der Waals surface area contributed by atoms with E-state index in [1.165, 1.54) is 54.8 Å². The second kappa shape index (κ2) is 27.5. The Kier molecular flexibility index (Phi) is 16.5. The first kappa shape index (κ1) is 65.2. The van der Waals surface area contributed by atoms with E-state index in [2.05, 4.69) is 187 Å². The number of hydrogen-bond acceptors (Lipinski definition) is 14. The van der Waals surface area contributed by atoms with E-state index in [9.17, 15) is 0 Å². The Morgan fingerprint density at radius 3 is 1.07 bits per heavy atom. The van der Waals surface area contributed by atoms with E-state index in [1.54, 1.807) is 0 Å². The van der Waals surface area contributed by atoms with Crippen LogP contribution in [0.4, 0.5) is 0 Å². The summed E-state index contributed by atoms with van der Waals surface area (Å²) in [5.74, 6) is 1.32. The SMILES string of the molecule is O=P(c1ccccc1)(c1ccccc1)c1ccc(-c2cc(-c3ccc(-c4nc5ccccc5c5c4ccc4nsnc45)cc3)nc(-c3ccccc3)n2)cc1.c1ccc(-c2nc(-c3ccc(-c4nc5ccccc5c5c4ccc4nsnc45)cc3)cc(-c3ccc(-c4cccc5c4sc4ccccc45)cc3)n2)cc1. The molecule has 0 radical (unpaired) electrons. The van der Waals surface area contributed by atoms with E-state index in [-0.39, 0.29) is 0 Å². The normalized spacial score (nSPS) is 11.7. The molecule has 14 aromatic carbocycles. The van der Waals surface area contributed by atoms with E-state index in [4.69, 9.17) is 29.9 Å². The summed E-state index contributed by atoms with van der Waals surface area (Å²) in [4.78, 5) is 30.6. The molecule has 0 aliphatic heterocycles. The maximum Gasteiger partial charge on any atom is 0.171 e. The Labute approximate surface area is 638 Å². The molecule has 0 aliphatic carbocycles. The minimum atomic E-state index is -3.12. The van der Waals surface area contributed by atoms with Gasteiger partial charge in [0.15, 0.2) is 18.8 Å². The largest absolute Gasteiger partial charge is 0.309 e. The molecule has 0 atom stereocenters. The predicted octanol–water partition coefficient (Wildman–Crippen LogP) is 23.4. The molecule has 7 aromatic heterocycles. The van der Waals surface area contributed by atoms with Crippen LogP contribution in [0.3, 0.4) is 0 Å².